The van der Waals surface area contributed by atoms with E-state index < -0.39 is 0 Å². The van der Waals surface area contributed by atoms with Crippen LogP contribution in [0.1, 0.15) is 12.8 Å². The lowest BCUT2D eigenvalue weighted by molar-refractivity contribution is 1.03. The van der Waals surface area contributed by atoms with Crippen molar-refractivity contribution in [3.8, 4) is 22.4 Å². The van der Waals surface area contributed by atoms with Crippen LogP contribution in [0.4, 0.5) is 0 Å². The second kappa shape index (κ2) is 7.32. The lowest BCUT2D eigenvalue weighted by Gasteiger charge is -2.13. The lowest BCUT2D eigenvalue weighted by atomic mass is 10.0. The van der Waals surface area contributed by atoms with E-state index >= 15 is 0 Å². The first-order valence-corrected chi connectivity index (χ1v) is 9.71. The van der Waals surface area contributed by atoms with Gasteiger partial charge in [0.25, 0.3) is 5.56 Å². The molecule has 2 aromatic carbocycles. The third kappa shape index (κ3) is 3.19. The summed E-state index contributed by atoms with van der Waals surface area (Å²) in [6.45, 7) is 0. The first kappa shape index (κ1) is 17.3. The maximum absolute atomic E-state index is 12.5. The number of benzene rings is 2. The van der Waals surface area contributed by atoms with Crippen molar-refractivity contribution in [1.29, 1.82) is 0 Å². The van der Waals surface area contributed by atoms with Gasteiger partial charge in [-0.2, -0.15) is 4.98 Å². The molecule has 4 aromatic rings. The zero-order valence-corrected chi connectivity index (χ0v) is 15.8. The SMILES string of the molecule is O=c1cc(-c2ccccc2)n2cc(-c3ccccc3)c3/c(c2n1)=C\CC/C=C\N=3. The highest BCUT2D eigenvalue weighted by Crippen LogP contribution is 2.20. The largest absolute Gasteiger partial charge is 0.300 e. The average molecular weight is 377 g/mol. The lowest BCUT2D eigenvalue weighted by Crippen LogP contribution is -2.33. The molecular formula is C25H19N3O. The standard InChI is InChI=1S/C25H19N3O/c29-23-16-22(19-12-6-2-7-13-19)28-17-21(18-10-4-1-5-11-18)24-20(25(28)27-23)14-8-3-9-15-26-24/h1-2,4-7,9-17H,3,8H2/b15-9-,20-14+,26-24+. The summed E-state index contributed by atoms with van der Waals surface area (Å²) in [6.07, 6.45) is 9.90. The minimum Gasteiger partial charge on any atom is -0.300 e. The maximum atomic E-state index is 12.5. The van der Waals surface area contributed by atoms with Crippen molar-refractivity contribution in [1.82, 2.24) is 9.38 Å². The Labute approximate surface area is 167 Å². The van der Waals surface area contributed by atoms with Gasteiger partial charge in [-0.25, -0.2) is 0 Å². The van der Waals surface area contributed by atoms with Gasteiger partial charge < -0.3 is 0 Å². The molecule has 0 saturated heterocycles. The summed E-state index contributed by atoms with van der Waals surface area (Å²) < 4.78 is 2.02. The summed E-state index contributed by atoms with van der Waals surface area (Å²) >= 11 is 0. The van der Waals surface area contributed by atoms with Crippen LogP contribution in [0.25, 0.3) is 34.1 Å². The number of hydrogen-bond donors (Lipinski definition) is 0. The third-order valence-corrected chi connectivity index (χ3v) is 5.12. The van der Waals surface area contributed by atoms with E-state index in [0.29, 0.717) is 5.65 Å². The van der Waals surface area contributed by atoms with Crippen molar-refractivity contribution in [2.75, 3.05) is 0 Å². The fourth-order valence-electron chi connectivity index (χ4n) is 3.77. The van der Waals surface area contributed by atoms with Gasteiger partial charge in [0.2, 0.25) is 0 Å². The molecule has 0 bridgehead atoms. The molecule has 0 spiro atoms. The van der Waals surface area contributed by atoms with Crippen LogP contribution in [0.5, 0.6) is 0 Å². The highest BCUT2D eigenvalue weighted by Gasteiger charge is 2.12. The Morgan fingerprint density at radius 2 is 1.59 bits per heavy atom. The quantitative estimate of drug-likeness (QED) is 0.534. The van der Waals surface area contributed by atoms with Gasteiger partial charge in [-0.15, -0.1) is 0 Å². The molecule has 0 N–H and O–H groups in total. The van der Waals surface area contributed by atoms with Crippen LogP contribution in [-0.2, 0) is 0 Å². The van der Waals surface area contributed by atoms with Crippen molar-refractivity contribution in [3.63, 3.8) is 0 Å². The van der Waals surface area contributed by atoms with E-state index in [4.69, 9.17) is 4.99 Å². The minimum atomic E-state index is -0.246. The Morgan fingerprint density at radius 3 is 2.34 bits per heavy atom. The van der Waals surface area contributed by atoms with Crippen LogP contribution in [0.2, 0.25) is 0 Å². The number of pyridine rings is 1. The summed E-state index contributed by atoms with van der Waals surface area (Å²) in [5, 5.41) is 1.76. The molecule has 140 valence electrons. The first-order chi connectivity index (χ1) is 14.3. The van der Waals surface area contributed by atoms with Gasteiger partial charge in [-0.1, -0.05) is 72.8 Å². The molecule has 1 aliphatic heterocycles. The van der Waals surface area contributed by atoms with Gasteiger partial charge in [0.05, 0.1) is 11.1 Å². The Morgan fingerprint density at radius 1 is 0.862 bits per heavy atom. The van der Waals surface area contributed by atoms with Crippen LogP contribution in [0, 0.1) is 0 Å². The maximum Gasteiger partial charge on any atom is 0.273 e. The van der Waals surface area contributed by atoms with Crippen LogP contribution in [-0.4, -0.2) is 9.38 Å². The van der Waals surface area contributed by atoms with E-state index in [1.54, 1.807) is 6.07 Å². The third-order valence-electron chi connectivity index (χ3n) is 5.12. The molecule has 0 unspecified atom stereocenters. The topological polar surface area (TPSA) is 46.7 Å². The Balaban J connectivity index is 1.99. The summed E-state index contributed by atoms with van der Waals surface area (Å²) in [5.74, 6) is 0. The Kier molecular flexibility index (Phi) is 4.37. The van der Waals surface area contributed by atoms with E-state index in [1.165, 1.54) is 0 Å². The number of nitrogens with zero attached hydrogens (tertiary/aromatic N) is 3. The predicted octanol–water partition coefficient (Wildman–Crippen LogP) is 3.74. The number of aromatic nitrogens is 2. The Bertz CT molecular complexity index is 1400. The molecule has 3 heterocycles. The molecule has 2 aromatic heterocycles. The van der Waals surface area contributed by atoms with E-state index in [1.807, 2.05) is 65.3 Å². The zero-order chi connectivity index (χ0) is 19.6. The summed E-state index contributed by atoms with van der Waals surface area (Å²) in [6, 6.07) is 21.8. The molecule has 4 nitrogen and oxygen atoms in total. The van der Waals surface area contributed by atoms with Crippen molar-refractivity contribution < 1.29 is 0 Å². The molecule has 4 heteroatoms. The van der Waals surface area contributed by atoms with Crippen LogP contribution >= 0.6 is 0 Å². The van der Waals surface area contributed by atoms with Gasteiger partial charge in [-0.3, -0.25) is 14.2 Å². The van der Waals surface area contributed by atoms with Crippen molar-refractivity contribution in [2.45, 2.75) is 12.8 Å². The Hall–Kier alpha value is -3.79. The van der Waals surface area contributed by atoms with Gasteiger partial charge in [0, 0.05) is 29.2 Å². The molecule has 1 aliphatic rings. The molecule has 0 atom stereocenters. The predicted molar refractivity (Wildman–Crippen MR) is 116 cm³/mol. The minimum absolute atomic E-state index is 0.246. The highest BCUT2D eigenvalue weighted by atomic mass is 16.1. The number of hydrogen-bond acceptors (Lipinski definition) is 3. The first-order valence-electron chi connectivity index (χ1n) is 9.71. The average Bonchev–Trinajstić information content (AvgIpc) is 2.74. The second-order valence-corrected chi connectivity index (χ2v) is 7.01. The smallest absolute Gasteiger partial charge is 0.273 e. The number of rotatable bonds is 2. The van der Waals surface area contributed by atoms with E-state index in [-0.39, 0.29) is 5.56 Å². The van der Waals surface area contributed by atoms with Crippen LogP contribution in [0.3, 0.4) is 0 Å². The van der Waals surface area contributed by atoms with Gasteiger partial charge in [0.15, 0.2) is 5.65 Å². The molecular weight excluding hydrogens is 358 g/mol. The highest BCUT2D eigenvalue weighted by molar-refractivity contribution is 5.69. The van der Waals surface area contributed by atoms with E-state index in [0.717, 1.165) is 45.8 Å². The van der Waals surface area contributed by atoms with Crippen LogP contribution in [0.15, 0.2) is 95.0 Å². The number of fused-ring (bicyclic) bond motifs is 3. The summed E-state index contributed by atoms with van der Waals surface area (Å²) in [5.41, 5.74) is 4.29. The second-order valence-electron chi connectivity index (χ2n) is 7.01. The molecule has 0 amide bonds. The van der Waals surface area contributed by atoms with Gasteiger partial charge in [-0.05, 0) is 24.0 Å². The van der Waals surface area contributed by atoms with E-state index in [9.17, 15) is 4.79 Å². The molecule has 29 heavy (non-hydrogen) atoms. The molecule has 0 aliphatic carbocycles. The zero-order valence-electron chi connectivity index (χ0n) is 15.8. The fraction of sp³-hybridized carbons (Fsp3) is 0.0800. The van der Waals surface area contributed by atoms with Gasteiger partial charge >= 0.3 is 0 Å². The normalized spacial score (nSPS) is 16.6. The fourth-order valence-corrected chi connectivity index (χ4v) is 3.77. The van der Waals surface area contributed by atoms with Crippen molar-refractivity contribution in [3.05, 3.63) is 106 Å². The van der Waals surface area contributed by atoms with Crippen molar-refractivity contribution >= 4 is 11.7 Å². The van der Waals surface area contributed by atoms with Crippen molar-refractivity contribution in [2.24, 2.45) is 4.99 Å². The van der Waals surface area contributed by atoms with Gasteiger partial charge in [0.1, 0.15) is 0 Å². The van der Waals surface area contributed by atoms with Crippen LogP contribution < -0.4 is 16.1 Å². The molecule has 0 saturated carbocycles. The van der Waals surface area contributed by atoms with E-state index in [2.05, 4.69) is 29.3 Å². The molecule has 0 radical (unpaired) electrons. The molecule has 5 rings (SSSR count). The summed E-state index contributed by atoms with van der Waals surface area (Å²) in [7, 11) is 0. The monoisotopic (exact) mass is 377 g/mol. The summed E-state index contributed by atoms with van der Waals surface area (Å²) in [4.78, 5) is 21.6. The molecule has 0 fully saturated rings. The number of allylic oxidation sites excluding steroid dienone is 1.